The molecule has 3 rings (SSSR count). The Labute approximate surface area is 147 Å². The molecule has 0 aliphatic carbocycles. The van der Waals surface area contributed by atoms with E-state index in [2.05, 4.69) is 4.72 Å². The molecule has 2 aromatic carbocycles. The van der Waals surface area contributed by atoms with Gasteiger partial charge in [0.1, 0.15) is 0 Å². The van der Waals surface area contributed by atoms with Crippen LogP contribution in [0, 0.1) is 6.92 Å². The zero-order valence-corrected chi connectivity index (χ0v) is 14.7. The first-order valence-corrected chi connectivity index (χ1v) is 9.44. The lowest BCUT2D eigenvalue weighted by Crippen LogP contribution is -2.35. The lowest BCUT2D eigenvalue weighted by molar-refractivity contribution is 0.103. The molecule has 1 aliphatic rings. The third-order valence-corrected chi connectivity index (χ3v) is 5.59. The topological polar surface area (TPSA) is 55.4 Å². The zero-order chi connectivity index (χ0) is 17.2. The van der Waals surface area contributed by atoms with E-state index in [0.717, 1.165) is 11.1 Å². The smallest absolute Gasteiger partial charge is 0.241 e. The molecule has 1 aliphatic heterocycles. The first kappa shape index (κ1) is 17.2. The molecule has 0 saturated heterocycles. The minimum atomic E-state index is -3.67. The summed E-state index contributed by atoms with van der Waals surface area (Å²) in [5.74, 6) is 0. The van der Waals surface area contributed by atoms with Crippen molar-refractivity contribution in [1.82, 2.24) is 4.72 Å². The summed E-state index contributed by atoms with van der Waals surface area (Å²) in [4.78, 5) is 0.231. The van der Waals surface area contributed by atoms with Gasteiger partial charge < -0.3 is 4.74 Å². The van der Waals surface area contributed by atoms with Gasteiger partial charge >= 0.3 is 0 Å². The average Bonchev–Trinajstić information content (AvgIpc) is 3.08. The van der Waals surface area contributed by atoms with Crippen LogP contribution in [0.2, 0.25) is 5.02 Å². The summed E-state index contributed by atoms with van der Waals surface area (Å²) in [7, 11) is -3.67. The molecule has 0 unspecified atom stereocenters. The Balaban J connectivity index is 1.92. The Morgan fingerprint density at radius 1 is 1.12 bits per heavy atom. The molecule has 0 fully saturated rings. The van der Waals surface area contributed by atoms with Crippen LogP contribution in [-0.4, -0.2) is 21.1 Å². The summed E-state index contributed by atoms with van der Waals surface area (Å²) >= 11 is 5.94. The predicted octanol–water partition coefficient (Wildman–Crippen LogP) is 3.62. The highest BCUT2D eigenvalue weighted by Gasteiger charge is 2.29. The van der Waals surface area contributed by atoms with Crippen LogP contribution in [0.25, 0.3) is 0 Å². The number of nitrogens with one attached hydrogen (secondary N) is 1. The van der Waals surface area contributed by atoms with Crippen LogP contribution in [0.5, 0.6) is 0 Å². The predicted molar refractivity (Wildman–Crippen MR) is 94.6 cm³/mol. The minimum Gasteiger partial charge on any atom is -0.368 e. The first-order chi connectivity index (χ1) is 11.5. The maximum Gasteiger partial charge on any atom is 0.241 e. The van der Waals surface area contributed by atoms with Gasteiger partial charge in [-0.2, -0.15) is 0 Å². The summed E-state index contributed by atoms with van der Waals surface area (Å²) in [5.41, 5.74) is 1.80. The SMILES string of the molecule is Cc1ccc(S(=O)(=O)N[C@@H](c2ccc(Cl)cc2)[C@H]2C=CCO2)cc1. The number of ether oxygens (including phenoxy) is 1. The lowest BCUT2D eigenvalue weighted by Gasteiger charge is -2.24. The van der Waals surface area contributed by atoms with E-state index in [9.17, 15) is 8.42 Å². The molecule has 1 heterocycles. The van der Waals surface area contributed by atoms with Crippen LogP contribution in [0.1, 0.15) is 17.2 Å². The first-order valence-electron chi connectivity index (χ1n) is 7.58. The highest BCUT2D eigenvalue weighted by molar-refractivity contribution is 7.89. The number of hydrogen-bond acceptors (Lipinski definition) is 3. The van der Waals surface area contributed by atoms with Crippen molar-refractivity contribution in [1.29, 1.82) is 0 Å². The van der Waals surface area contributed by atoms with Gasteiger partial charge in [0.2, 0.25) is 10.0 Å². The van der Waals surface area contributed by atoms with Gasteiger partial charge in [-0.05, 0) is 36.8 Å². The Morgan fingerprint density at radius 2 is 1.79 bits per heavy atom. The van der Waals surface area contributed by atoms with E-state index in [1.807, 2.05) is 19.1 Å². The molecule has 0 amide bonds. The van der Waals surface area contributed by atoms with Crippen molar-refractivity contribution in [3.05, 3.63) is 76.8 Å². The van der Waals surface area contributed by atoms with Gasteiger partial charge in [0.05, 0.1) is 23.6 Å². The molecular weight excluding hydrogens is 346 g/mol. The van der Waals surface area contributed by atoms with Crippen LogP contribution >= 0.6 is 11.6 Å². The molecule has 0 bridgehead atoms. The zero-order valence-electron chi connectivity index (χ0n) is 13.1. The van der Waals surface area contributed by atoms with Gasteiger partial charge in [-0.3, -0.25) is 0 Å². The van der Waals surface area contributed by atoms with Gasteiger partial charge in [0.25, 0.3) is 0 Å². The van der Waals surface area contributed by atoms with E-state index < -0.39 is 16.1 Å². The standard InChI is InChI=1S/C18H18ClNO3S/c1-13-4-10-16(11-5-13)24(21,22)20-18(17-3-2-12-23-17)14-6-8-15(19)9-7-14/h2-11,17-18,20H,12H2,1H3/t17-,18+/m1/s1. The van der Waals surface area contributed by atoms with Crippen LogP contribution in [-0.2, 0) is 14.8 Å². The fraction of sp³-hybridized carbons (Fsp3) is 0.222. The molecular formula is C18H18ClNO3S. The monoisotopic (exact) mass is 363 g/mol. The molecule has 0 spiro atoms. The molecule has 6 heteroatoms. The van der Waals surface area contributed by atoms with Gasteiger partial charge in [-0.25, -0.2) is 13.1 Å². The van der Waals surface area contributed by atoms with Crippen LogP contribution in [0.15, 0.2) is 65.6 Å². The average molecular weight is 364 g/mol. The van der Waals surface area contributed by atoms with E-state index in [0.29, 0.717) is 11.6 Å². The molecule has 1 N–H and O–H groups in total. The summed E-state index contributed by atoms with van der Waals surface area (Å²) < 4.78 is 33.9. The quantitative estimate of drug-likeness (QED) is 0.825. The Morgan fingerprint density at radius 3 is 2.38 bits per heavy atom. The van der Waals surface area contributed by atoms with E-state index in [-0.39, 0.29) is 11.0 Å². The molecule has 4 nitrogen and oxygen atoms in total. The molecule has 126 valence electrons. The third kappa shape index (κ3) is 3.87. The Bertz CT molecular complexity index is 830. The van der Waals surface area contributed by atoms with E-state index in [1.54, 1.807) is 48.5 Å². The molecule has 2 aromatic rings. The Kier molecular flexibility index (Phi) is 5.06. The number of halogens is 1. The fourth-order valence-electron chi connectivity index (χ4n) is 2.57. The number of rotatable bonds is 5. The van der Waals surface area contributed by atoms with Crippen molar-refractivity contribution in [2.75, 3.05) is 6.61 Å². The number of sulfonamides is 1. The maximum absolute atomic E-state index is 12.7. The largest absolute Gasteiger partial charge is 0.368 e. The van der Waals surface area contributed by atoms with E-state index >= 15 is 0 Å². The van der Waals surface area contributed by atoms with Gasteiger partial charge in [0.15, 0.2) is 0 Å². The number of aryl methyl sites for hydroxylation is 1. The normalized spacial score (nSPS) is 18.7. The summed E-state index contributed by atoms with van der Waals surface area (Å²) in [5, 5.41) is 0.599. The second kappa shape index (κ2) is 7.07. The summed E-state index contributed by atoms with van der Waals surface area (Å²) in [6.07, 6.45) is 3.40. The van der Waals surface area contributed by atoms with Crippen LogP contribution in [0.4, 0.5) is 0 Å². The van der Waals surface area contributed by atoms with E-state index in [1.165, 1.54) is 0 Å². The van der Waals surface area contributed by atoms with Gasteiger partial charge in [-0.1, -0.05) is 53.6 Å². The highest BCUT2D eigenvalue weighted by Crippen LogP contribution is 2.26. The van der Waals surface area contributed by atoms with E-state index in [4.69, 9.17) is 16.3 Å². The van der Waals surface area contributed by atoms with Gasteiger partial charge in [-0.15, -0.1) is 0 Å². The van der Waals surface area contributed by atoms with Gasteiger partial charge in [0, 0.05) is 5.02 Å². The van der Waals surface area contributed by atoms with Crippen molar-refractivity contribution in [3.8, 4) is 0 Å². The highest BCUT2D eigenvalue weighted by atomic mass is 35.5. The van der Waals surface area contributed by atoms with Crippen molar-refractivity contribution in [2.45, 2.75) is 24.0 Å². The Hall–Kier alpha value is -1.66. The van der Waals surface area contributed by atoms with Crippen molar-refractivity contribution in [3.63, 3.8) is 0 Å². The fourth-order valence-corrected chi connectivity index (χ4v) is 3.93. The minimum absolute atomic E-state index is 0.231. The number of benzene rings is 2. The molecule has 24 heavy (non-hydrogen) atoms. The van der Waals surface area contributed by atoms with Crippen molar-refractivity contribution in [2.24, 2.45) is 0 Å². The summed E-state index contributed by atoms with van der Waals surface area (Å²) in [6.45, 7) is 2.39. The molecule has 0 aromatic heterocycles. The number of hydrogen-bond donors (Lipinski definition) is 1. The second-order valence-electron chi connectivity index (χ2n) is 5.69. The molecule has 0 radical (unpaired) electrons. The maximum atomic E-state index is 12.7. The lowest BCUT2D eigenvalue weighted by atomic mass is 10.0. The van der Waals surface area contributed by atoms with Crippen molar-refractivity contribution < 1.29 is 13.2 Å². The third-order valence-electron chi connectivity index (χ3n) is 3.88. The summed E-state index contributed by atoms with van der Waals surface area (Å²) in [6, 6.07) is 13.3. The van der Waals surface area contributed by atoms with Crippen molar-refractivity contribution >= 4 is 21.6 Å². The molecule has 0 saturated carbocycles. The van der Waals surface area contributed by atoms with Crippen LogP contribution < -0.4 is 4.72 Å². The van der Waals surface area contributed by atoms with Crippen LogP contribution in [0.3, 0.4) is 0 Å². The second-order valence-corrected chi connectivity index (χ2v) is 7.84. The molecule has 2 atom stereocenters.